The van der Waals surface area contributed by atoms with E-state index in [0.29, 0.717) is 28.6 Å². The molecule has 5 rings (SSSR count). The molecule has 2 aromatic heterocycles. The summed E-state index contributed by atoms with van der Waals surface area (Å²) in [6, 6.07) is 17.1. The van der Waals surface area contributed by atoms with Gasteiger partial charge in [0.25, 0.3) is 0 Å². The van der Waals surface area contributed by atoms with Crippen LogP contribution in [0.2, 0.25) is 0 Å². The maximum atomic E-state index is 10.3. The molecule has 0 radical (unpaired) electrons. The van der Waals surface area contributed by atoms with Crippen LogP contribution >= 0.6 is 0 Å². The van der Waals surface area contributed by atoms with Crippen LogP contribution in [0.4, 0.5) is 11.4 Å². The summed E-state index contributed by atoms with van der Waals surface area (Å²) in [5.74, 6) is 0.996. The Labute approximate surface area is 206 Å². The fourth-order valence-corrected chi connectivity index (χ4v) is 4.74. The molecule has 0 spiro atoms. The predicted octanol–water partition coefficient (Wildman–Crippen LogP) is 5.80. The van der Waals surface area contributed by atoms with Crippen molar-refractivity contribution < 1.29 is 9.84 Å². The van der Waals surface area contributed by atoms with Crippen molar-refractivity contribution in [3.05, 3.63) is 72.1 Å². The molecule has 7 nitrogen and oxygen atoms in total. The lowest BCUT2D eigenvalue weighted by molar-refractivity contribution is 0.410. The van der Waals surface area contributed by atoms with Gasteiger partial charge in [0.05, 0.1) is 17.1 Å². The highest BCUT2D eigenvalue weighted by molar-refractivity contribution is 5.82. The zero-order valence-corrected chi connectivity index (χ0v) is 20.6. The third kappa shape index (κ3) is 4.77. The minimum Gasteiger partial charge on any atom is -0.493 e. The van der Waals surface area contributed by atoms with Crippen LogP contribution in [0, 0.1) is 6.92 Å². The van der Waals surface area contributed by atoms with E-state index < -0.39 is 0 Å². The fourth-order valence-electron chi connectivity index (χ4n) is 4.74. The molecule has 0 bridgehead atoms. The number of hydrogen-bond donors (Lipinski definition) is 1. The second kappa shape index (κ2) is 9.50. The summed E-state index contributed by atoms with van der Waals surface area (Å²) in [6.45, 7) is 8.64. The van der Waals surface area contributed by atoms with Crippen molar-refractivity contribution in [3.8, 4) is 17.6 Å². The van der Waals surface area contributed by atoms with Gasteiger partial charge in [0.1, 0.15) is 5.75 Å². The molecule has 0 saturated carbocycles. The lowest BCUT2D eigenvalue weighted by Gasteiger charge is -2.33. The number of benzene rings is 2. The largest absolute Gasteiger partial charge is 0.493 e. The third-order valence-corrected chi connectivity index (χ3v) is 6.67. The van der Waals surface area contributed by atoms with Gasteiger partial charge < -0.3 is 19.6 Å². The lowest BCUT2D eigenvalue weighted by atomic mass is 10.0. The first kappa shape index (κ1) is 23.1. The Balaban J connectivity index is 1.46. The smallest absolute Gasteiger partial charge is 0.325 e. The van der Waals surface area contributed by atoms with Crippen molar-refractivity contribution in [2.24, 2.45) is 0 Å². The number of anilines is 2. The van der Waals surface area contributed by atoms with Gasteiger partial charge in [-0.05, 0) is 80.4 Å². The summed E-state index contributed by atoms with van der Waals surface area (Å²) in [4.78, 5) is 17.4. The van der Waals surface area contributed by atoms with Crippen molar-refractivity contribution in [1.29, 1.82) is 0 Å². The maximum absolute atomic E-state index is 10.3. The fraction of sp³-hybridized carbons (Fsp3) is 0.321. The van der Waals surface area contributed by atoms with E-state index in [-0.39, 0.29) is 11.9 Å². The summed E-state index contributed by atoms with van der Waals surface area (Å²) in [7, 11) is 2.18. The van der Waals surface area contributed by atoms with Gasteiger partial charge in [-0.2, -0.15) is 9.97 Å². The van der Waals surface area contributed by atoms with E-state index in [0.717, 1.165) is 30.8 Å². The molecule has 7 heteroatoms. The second-order valence-corrected chi connectivity index (χ2v) is 9.59. The first-order chi connectivity index (χ1) is 16.9. The molecule has 1 atom stereocenters. The minimum absolute atomic E-state index is 0.0914. The zero-order chi connectivity index (χ0) is 24.5. The summed E-state index contributed by atoms with van der Waals surface area (Å²) in [5, 5.41) is 10.8. The minimum atomic E-state index is -0.123. The molecule has 35 heavy (non-hydrogen) atoms. The van der Waals surface area contributed by atoms with Crippen LogP contribution in [0.15, 0.2) is 60.9 Å². The van der Waals surface area contributed by atoms with Crippen LogP contribution in [0.5, 0.6) is 17.6 Å². The molecule has 1 aliphatic rings. The Kier molecular flexibility index (Phi) is 6.26. The Hall–Kier alpha value is -3.71. The second-order valence-electron chi connectivity index (χ2n) is 9.59. The van der Waals surface area contributed by atoms with Gasteiger partial charge >= 0.3 is 6.01 Å². The first-order valence-corrected chi connectivity index (χ1v) is 12.1. The Bertz CT molecular complexity index is 1340. The van der Waals surface area contributed by atoms with Gasteiger partial charge in [-0.15, -0.1) is 0 Å². The van der Waals surface area contributed by atoms with E-state index in [1.165, 1.54) is 11.3 Å². The molecule has 1 saturated heterocycles. The topological polar surface area (TPSA) is 74.6 Å². The standard InChI is InChI=1S/C28H31N5O2/c1-18(2)20-5-7-21(8-6-20)33(22-12-14-32(4)17-22)26-10-9-23(15-19(26)3)35-28-30-25-16-29-13-11-24(25)27(34)31-28/h5-11,13,15-16,18,22H,12,14,17H2,1-4H3,(H,30,31,34). The molecule has 180 valence electrons. The molecule has 1 fully saturated rings. The van der Waals surface area contributed by atoms with Gasteiger partial charge in [-0.1, -0.05) is 26.0 Å². The third-order valence-electron chi connectivity index (χ3n) is 6.67. The molecule has 0 aliphatic carbocycles. The van der Waals surface area contributed by atoms with E-state index >= 15 is 0 Å². The van der Waals surface area contributed by atoms with Crippen LogP contribution in [-0.4, -0.2) is 51.1 Å². The Morgan fingerprint density at radius 1 is 1.09 bits per heavy atom. The number of pyridine rings is 1. The van der Waals surface area contributed by atoms with Gasteiger partial charge in [-0.3, -0.25) is 4.98 Å². The SMILES string of the molecule is Cc1cc(Oc2nc(O)c3ccncc3n2)ccc1N(c1ccc(C(C)C)cc1)C1CCN(C)C1. The van der Waals surface area contributed by atoms with Gasteiger partial charge in [0.2, 0.25) is 5.88 Å². The summed E-state index contributed by atoms with van der Waals surface area (Å²) < 4.78 is 5.94. The van der Waals surface area contributed by atoms with E-state index in [2.05, 4.69) is 82.9 Å². The van der Waals surface area contributed by atoms with Crippen molar-refractivity contribution in [3.63, 3.8) is 0 Å². The van der Waals surface area contributed by atoms with Crippen LogP contribution < -0.4 is 9.64 Å². The summed E-state index contributed by atoms with van der Waals surface area (Å²) in [5.41, 5.74) is 5.32. The van der Waals surface area contributed by atoms with Crippen LogP contribution in [0.3, 0.4) is 0 Å². The Morgan fingerprint density at radius 2 is 1.89 bits per heavy atom. The van der Waals surface area contributed by atoms with Crippen molar-refractivity contribution in [1.82, 2.24) is 19.9 Å². The van der Waals surface area contributed by atoms with Crippen LogP contribution in [-0.2, 0) is 0 Å². The summed E-state index contributed by atoms with van der Waals surface area (Å²) in [6.07, 6.45) is 4.29. The molecule has 0 amide bonds. The van der Waals surface area contributed by atoms with E-state index in [4.69, 9.17) is 4.74 Å². The molecule has 2 aromatic carbocycles. The van der Waals surface area contributed by atoms with E-state index in [1.807, 2.05) is 12.1 Å². The van der Waals surface area contributed by atoms with Crippen molar-refractivity contribution in [2.45, 2.75) is 39.2 Å². The number of likely N-dealkylation sites (N-methyl/N-ethyl adjacent to an activating group) is 1. The number of fused-ring (bicyclic) bond motifs is 1. The number of likely N-dealkylation sites (tertiary alicyclic amines) is 1. The number of rotatable bonds is 6. The predicted molar refractivity (Wildman–Crippen MR) is 139 cm³/mol. The number of ether oxygens (including phenoxy) is 1. The summed E-state index contributed by atoms with van der Waals surface area (Å²) >= 11 is 0. The number of aryl methyl sites for hydroxylation is 1. The maximum Gasteiger partial charge on any atom is 0.325 e. The highest BCUT2D eigenvalue weighted by atomic mass is 16.5. The monoisotopic (exact) mass is 469 g/mol. The highest BCUT2D eigenvalue weighted by Gasteiger charge is 2.28. The van der Waals surface area contributed by atoms with Gasteiger partial charge in [0.15, 0.2) is 0 Å². The number of hydrogen-bond acceptors (Lipinski definition) is 7. The van der Waals surface area contributed by atoms with Gasteiger partial charge in [-0.25, -0.2) is 0 Å². The van der Waals surface area contributed by atoms with Crippen molar-refractivity contribution >= 4 is 22.3 Å². The average Bonchev–Trinajstić information content (AvgIpc) is 3.26. The molecular weight excluding hydrogens is 438 g/mol. The van der Waals surface area contributed by atoms with E-state index in [9.17, 15) is 5.11 Å². The average molecular weight is 470 g/mol. The van der Waals surface area contributed by atoms with E-state index in [1.54, 1.807) is 18.5 Å². The van der Waals surface area contributed by atoms with Crippen LogP contribution in [0.25, 0.3) is 10.9 Å². The zero-order valence-electron chi connectivity index (χ0n) is 20.6. The number of aromatic hydroxyl groups is 1. The molecule has 3 heterocycles. The van der Waals surface area contributed by atoms with Crippen LogP contribution in [0.1, 0.15) is 37.3 Å². The van der Waals surface area contributed by atoms with Crippen molar-refractivity contribution in [2.75, 3.05) is 25.0 Å². The molecular formula is C28H31N5O2. The quantitative estimate of drug-likeness (QED) is 0.383. The van der Waals surface area contributed by atoms with Gasteiger partial charge in [0, 0.05) is 30.2 Å². The molecule has 1 N–H and O–H groups in total. The normalized spacial score (nSPS) is 16.2. The molecule has 4 aromatic rings. The molecule has 1 aliphatic heterocycles. The Morgan fingerprint density at radius 3 is 2.57 bits per heavy atom. The number of nitrogens with zero attached hydrogens (tertiary/aromatic N) is 5. The lowest BCUT2D eigenvalue weighted by Crippen LogP contribution is -2.33. The first-order valence-electron chi connectivity index (χ1n) is 12.1. The number of aromatic nitrogens is 3. The molecule has 1 unspecified atom stereocenters. The highest BCUT2D eigenvalue weighted by Crippen LogP contribution is 2.36.